The summed E-state index contributed by atoms with van der Waals surface area (Å²) in [6.45, 7) is 6.30. The summed E-state index contributed by atoms with van der Waals surface area (Å²) in [6.07, 6.45) is 0.122. The first-order chi connectivity index (χ1) is 29.7. The SMILES string of the molecule is C=CC(=O)OCC(O)COc1ccc2cc(C3(c4ccc5cc(OCC(O)COC(=O)C=C)ccc5c4)c4cc5ccccc5cc4-c4cc5ccccc5cc43)ccc2c1. The standard InChI is InChI=1S/C53H42O8/c1-3-51(56)60-31-43(54)29-58-45-19-15-37-21-41(17-13-39(37)23-45)53(42-18-14-40-24-46(20-16-38(40)22-42)59-30-44(55)32-61-52(57)4-2)49-27-35-11-7-5-9-33(35)25-47(49)48-26-34-10-6-8-12-36(34)28-50(48)53/h3-28,43-44,54-55H,1-2,29-32H2. The van der Waals surface area contributed by atoms with Crippen LogP contribution in [0.5, 0.6) is 11.5 Å². The molecule has 0 bridgehead atoms. The van der Waals surface area contributed by atoms with Crippen molar-refractivity contribution in [2.45, 2.75) is 17.6 Å². The fourth-order valence-electron chi connectivity index (χ4n) is 8.53. The number of fused-ring (bicyclic) bond motifs is 7. The summed E-state index contributed by atoms with van der Waals surface area (Å²) in [5.74, 6) is -0.0330. The van der Waals surface area contributed by atoms with Gasteiger partial charge in [-0.15, -0.1) is 0 Å². The predicted octanol–water partition coefficient (Wildman–Crippen LogP) is 9.60. The molecule has 0 amide bonds. The summed E-state index contributed by atoms with van der Waals surface area (Å²) in [7, 11) is 0. The van der Waals surface area contributed by atoms with Gasteiger partial charge in [0.25, 0.3) is 0 Å². The minimum Gasteiger partial charge on any atom is -0.491 e. The van der Waals surface area contributed by atoms with E-state index in [1.807, 2.05) is 36.4 Å². The highest BCUT2D eigenvalue weighted by atomic mass is 16.6. The summed E-state index contributed by atoms with van der Waals surface area (Å²) in [5.41, 5.74) is 6.21. The Balaban J connectivity index is 1.17. The summed E-state index contributed by atoms with van der Waals surface area (Å²) < 4.78 is 21.8. The van der Waals surface area contributed by atoms with Gasteiger partial charge >= 0.3 is 11.9 Å². The van der Waals surface area contributed by atoms with E-state index in [1.165, 1.54) is 33.0 Å². The Kier molecular flexibility index (Phi) is 10.6. The first-order valence-electron chi connectivity index (χ1n) is 20.1. The maximum absolute atomic E-state index is 11.5. The topological polar surface area (TPSA) is 112 Å². The van der Waals surface area contributed by atoms with Crippen molar-refractivity contribution in [3.8, 4) is 22.6 Å². The number of hydrogen-bond acceptors (Lipinski definition) is 8. The Hall–Kier alpha value is -7.26. The van der Waals surface area contributed by atoms with Crippen molar-refractivity contribution in [3.63, 3.8) is 0 Å². The fourth-order valence-corrected chi connectivity index (χ4v) is 8.53. The molecular weight excluding hydrogens is 765 g/mol. The van der Waals surface area contributed by atoms with Crippen LogP contribution < -0.4 is 9.47 Å². The second kappa shape index (κ2) is 16.4. The number of rotatable bonds is 14. The van der Waals surface area contributed by atoms with E-state index >= 15 is 0 Å². The average Bonchev–Trinajstić information content (AvgIpc) is 3.57. The predicted molar refractivity (Wildman–Crippen MR) is 239 cm³/mol. The van der Waals surface area contributed by atoms with Gasteiger partial charge in [-0.25, -0.2) is 9.59 Å². The lowest BCUT2D eigenvalue weighted by molar-refractivity contribution is -0.142. The van der Waals surface area contributed by atoms with E-state index in [4.69, 9.17) is 18.9 Å². The van der Waals surface area contributed by atoms with Crippen molar-refractivity contribution < 1.29 is 38.7 Å². The van der Waals surface area contributed by atoms with Crippen molar-refractivity contribution in [2.24, 2.45) is 0 Å². The van der Waals surface area contributed by atoms with Crippen LogP contribution in [0.1, 0.15) is 22.3 Å². The molecule has 8 heteroatoms. The molecule has 8 aromatic carbocycles. The molecule has 0 aliphatic heterocycles. The lowest BCUT2D eigenvalue weighted by Crippen LogP contribution is -2.28. The Morgan fingerprint density at radius 2 is 0.836 bits per heavy atom. The first-order valence-corrected chi connectivity index (χ1v) is 20.1. The average molecular weight is 807 g/mol. The number of hydrogen-bond donors (Lipinski definition) is 2. The van der Waals surface area contributed by atoms with Crippen LogP contribution in [0, 0.1) is 0 Å². The van der Waals surface area contributed by atoms with E-state index in [-0.39, 0.29) is 26.4 Å². The van der Waals surface area contributed by atoms with E-state index in [1.54, 1.807) is 0 Å². The normalized spacial score (nSPS) is 13.6. The minimum absolute atomic E-state index is 0.0443. The van der Waals surface area contributed by atoms with Gasteiger partial charge in [-0.2, -0.15) is 0 Å². The Morgan fingerprint density at radius 1 is 0.475 bits per heavy atom. The van der Waals surface area contributed by atoms with Crippen LogP contribution in [0.15, 0.2) is 171 Å². The summed E-state index contributed by atoms with van der Waals surface area (Å²) in [4.78, 5) is 22.9. The van der Waals surface area contributed by atoms with Crippen molar-refractivity contribution in [1.29, 1.82) is 0 Å². The molecule has 2 atom stereocenters. The molecule has 302 valence electrons. The van der Waals surface area contributed by atoms with Crippen LogP contribution in [-0.4, -0.2) is 60.8 Å². The number of carbonyl (C=O) groups is 2. The molecule has 0 radical (unpaired) electrons. The highest BCUT2D eigenvalue weighted by Gasteiger charge is 2.47. The van der Waals surface area contributed by atoms with Gasteiger partial charge < -0.3 is 29.2 Å². The Morgan fingerprint density at radius 3 is 1.25 bits per heavy atom. The number of carbonyl (C=O) groups excluding carboxylic acids is 2. The quantitative estimate of drug-likeness (QED) is 0.0826. The van der Waals surface area contributed by atoms with Gasteiger partial charge in [-0.1, -0.05) is 98.1 Å². The molecule has 0 aromatic heterocycles. The molecule has 1 aliphatic carbocycles. The molecule has 2 unspecified atom stereocenters. The molecule has 0 spiro atoms. The third-order valence-corrected chi connectivity index (χ3v) is 11.4. The van der Waals surface area contributed by atoms with E-state index in [9.17, 15) is 19.8 Å². The van der Waals surface area contributed by atoms with Crippen LogP contribution in [0.2, 0.25) is 0 Å². The van der Waals surface area contributed by atoms with Gasteiger partial charge in [0.15, 0.2) is 0 Å². The zero-order valence-corrected chi connectivity index (χ0v) is 33.3. The first kappa shape index (κ1) is 39.2. The molecule has 0 saturated carbocycles. The highest BCUT2D eigenvalue weighted by molar-refractivity contribution is 6.01. The van der Waals surface area contributed by atoms with E-state index in [2.05, 4.69) is 122 Å². The zero-order chi connectivity index (χ0) is 42.1. The van der Waals surface area contributed by atoms with Crippen molar-refractivity contribution in [1.82, 2.24) is 0 Å². The maximum atomic E-state index is 11.5. The minimum atomic E-state index is -0.994. The van der Waals surface area contributed by atoms with Crippen LogP contribution >= 0.6 is 0 Å². The zero-order valence-electron chi connectivity index (χ0n) is 33.3. The largest absolute Gasteiger partial charge is 0.491 e. The van der Waals surface area contributed by atoms with Gasteiger partial charge in [0, 0.05) is 12.2 Å². The highest BCUT2D eigenvalue weighted by Crippen LogP contribution is 2.58. The molecule has 8 nitrogen and oxygen atoms in total. The Labute approximate surface area is 352 Å². The van der Waals surface area contributed by atoms with E-state index in [0.29, 0.717) is 11.5 Å². The van der Waals surface area contributed by atoms with Gasteiger partial charge in [0.05, 0.1) is 5.41 Å². The van der Waals surface area contributed by atoms with E-state index in [0.717, 1.165) is 55.6 Å². The molecule has 0 heterocycles. The monoisotopic (exact) mass is 806 g/mol. The number of ether oxygens (including phenoxy) is 4. The molecule has 0 fully saturated rings. The molecule has 2 N–H and O–H groups in total. The van der Waals surface area contributed by atoms with Crippen LogP contribution in [-0.2, 0) is 24.5 Å². The number of benzene rings is 8. The molecule has 0 saturated heterocycles. The number of aliphatic hydroxyl groups is 2. The third-order valence-electron chi connectivity index (χ3n) is 11.4. The molecule has 1 aliphatic rings. The van der Waals surface area contributed by atoms with Crippen LogP contribution in [0.4, 0.5) is 0 Å². The molecule has 61 heavy (non-hydrogen) atoms. The van der Waals surface area contributed by atoms with Gasteiger partial charge in [0.2, 0.25) is 0 Å². The van der Waals surface area contributed by atoms with Crippen LogP contribution in [0.3, 0.4) is 0 Å². The second-order valence-electron chi connectivity index (χ2n) is 15.3. The second-order valence-corrected chi connectivity index (χ2v) is 15.3. The third kappa shape index (κ3) is 7.48. The fraction of sp³-hybridized carbons (Fsp3) is 0.132. The van der Waals surface area contributed by atoms with E-state index < -0.39 is 29.6 Å². The molecule has 9 rings (SSSR count). The lowest BCUT2D eigenvalue weighted by Gasteiger charge is -2.34. The molecular formula is C53H42O8. The van der Waals surface area contributed by atoms with Gasteiger partial charge in [-0.3, -0.25) is 0 Å². The van der Waals surface area contributed by atoms with Gasteiger partial charge in [-0.05, 0) is 137 Å². The lowest BCUT2D eigenvalue weighted by atomic mass is 9.66. The molecule has 8 aromatic rings. The smallest absolute Gasteiger partial charge is 0.330 e. The van der Waals surface area contributed by atoms with Crippen molar-refractivity contribution >= 4 is 55.0 Å². The van der Waals surface area contributed by atoms with Crippen molar-refractivity contribution in [3.05, 3.63) is 193 Å². The number of aliphatic hydroxyl groups excluding tert-OH is 2. The van der Waals surface area contributed by atoms with Crippen LogP contribution in [0.25, 0.3) is 54.2 Å². The summed E-state index contributed by atoms with van der Waals surface area (Å²) in [5, 5.41) is 29.3. The maximum Gasteiger partial charge on any atom is 0.330 e. The van der Waals surface area contributed by atoms with Crippen molar-refractivity contribution in [2.75, 3.05) is 26.4 Å². The summed E-state index contributed by atoms with van der Waals surface area (Å²) in [6, 6.07) is 51.3. The van der Waals surface area contributed by atoms with Gasteiger partial charge in [0.1, 0.15) is 50.1 Å². The Bertz CT molecular complexity index is 2820. The number of esters is 2. The summed E-state index contributed by atoms with van der Waals surface area (Å²) >= 11 is 0.